The second-order valence-electron chi connectivity index (χ2n) is 8.31. The van der Waals surface area contributed by atoms with Gasteiger partial charge in [-0.3, -0.25) is 4.79 Å². The molecule has 0 radical (unpaired) electrons. The largest absolute Gasteiger partial charge is 0.481 e. The Labute approximate surface area is 196 Å². The molecule has 0 aliphatic heterocycles. The highest BCUT2D eigenvalue weighted by atomic mass is 32.2. The molecule has 0 amide bonds. The van der Waals surface area contributed by atoms with Crippen LogP contribution in [-0.4, -0.2) is 11.1 Å². The van der Waals surface area contributed by atoms with Crippen LogP contribution in [0.4, 0.5) is 5.69 Å². The number of nitrogen functional groups attached to an aromatic ring is 1. The highest BCUT2D eigenvalue weighted by molar-refractivity contribution is 7.99. The summed E-state index contributed by atoms with van der Waals surface area (Å²) < 4.78 is 0. The van der Waals surface area contributed by atoms with Crippen LogP contribution in [0.5, 0.6) is 0 Å². The number of carboxylic acids is 1. The summed E-state index contributed by atoms with van der Waals surface area (Å²) in [7, 11) is 0. The van der Waals surface area contributed by atoms with Gasteiger partial charge in [0, 0.05) is 32.0 Å². The first-order valence-corrected chi connectivity index (χ1v) is 13.6. The predicted octanol–water partition coefficient (Wildman–Crippen LogP) is 8.49. The summed E-state index contributed by atoms with van der Waals surface area (Å²) in [5.41, 5.74) is 7.00. The Morgan fingerprint density at radius 3 is 2.39 bits per heavy atom. The smallest absolute Gasteiger partial charge is 0.303 e. The molecule has 0 spiro atoms. The first-order chi connectivity index (χ1) is 15.1. The van der Waals surface area contributed by atoms with Gasteiger partial charge in [0.05, 0.1) is 0 Å². The molecule has 31 heavy (non-hydrogen) atoms. The molecule has 3 N–H and O–H groups in total. The standard InChI is InChI=1S/C26H39NO2S2/c1-2-3-4-5-6-7-8-9-14-21-19-20-25(30-21)24(17-12-13-18-26(28)29)31-23-16-11-10-15-22(23)27/h10-11,15-16,19-20,24H,2-9,12-14,17-18,27H2,1H3,(H,28,29). The number of carboxylic acid groups (broad SMARTS) is 1. The molecule has 0 saturated carbocycles. The first kappa shape index (κ1) is 25.8. The topological polar surface area (TPSA) is 63.3 Å². The number of hydrogen-bond donors (Lipinski definition) is 2. The number of aryl methyl sites for hydroxylation is 1. The Bertz CT molecular complexity index is 759. The summed E-state index contributed by atoms with van der Waals surface area (Å²) >= 11 is 3.75. The highest BCUT2D eigenvalue weighted by Gasteiger charge is 2.17. The summed E-state index contributed by atoms with van der Waals surface area (Å²) in [5, 5.41) is 9.25. The molecule has 0 aliphatic carbocycles. The van der Waals surface area contributed by atoms with Crippen LogP contribution in [0, 0.1) is 0 Å². The molecule has 0 bridgehead atoms. The molecule has 1 aromatic carbocycles. The van der Waals surface area contributed by atoms with Gasteiger partial charge >= 0.3 is 5.97 Å². The van der Waals surface area contributed by atoms with E-state index in [0.717, 1.165) is 29.8 Å². The van der Waals surface area contributed by atoms with Crippen molar-refractivity contribution in [2.75, 3.05) is 5.73 Å². The Kier molecular flexibility index (Phi) is 12.8. The van der Waals surface area contributed by atoms with Crippen LogP contribution in [0.1, 0.15) is 99.0 Å². The van der Waals surface area contributed by atoms with Gasteiger partial charge in [-0.15, -0.1) is 23.1 Å². The van der Waals surface area contributed by atoms with Crippen molar-refractivity contribution in [3.8, 4) is 0 Å². The lowest BCUT2D eigenvalue weighted by atomic mass is 10.1. The quantitative estimate of drug-likeness (QED) is 0.141. The number of rotatable bonds is 17. The van der Waals surface area contributed by atoms with E-state index in [1.54, 1.807) is 0 Å². The molecule has 5 heteroatoms. The lowest BCUT2D eigenvalue weighted by Crippen LogP contribution is -1.97. The maximum atomic E-state index is 10.8. The number of carbonyl (C=O) groups is 1. The second-order valence-corrected chi connectivity index (χ2v) is 10.8. The van der Waals surface area contributed by atoms with Gasteiger partial charge in [0.25, 0.3) is 0 Å². The number of benzene rings is 1. The van der Waals surface area contributed by atoms with Crippen LogP contribution in [0.15, 0.2) is 41.3 Å². The van der Waals surface area contributed by atoms with E-state index in [4.69, 9.17) is 10.8 Å². The van der Waals surface area contributed by atoms with E-state index >= 15 is 0 Å². The van der Waals surface area contributed by atoms with Crippen LogP contribution in [0.2, 0.25) is 0 Å². The number of anilines is 1. The van der Waals surface area contributed by atoms with E-state index < -0.39 is 5.97 Å². The fourth-order valence-electron chi connectivity index (χ4n) is 3.74. The molecule has 2 aromatic rings. The van der Waals surface area contributed by atoms with Gasteiger partial charge < -0.3 is 10.8 Å². The van der Waals surface area contributed by atoms with Gasteiger partial charge in [-0.25, -0.2) is 0 Å². The molecule has 1 heterocycles. The van der Waals surface area contributed by atoms with Crippen molar-refractivity contribution in [2.45, 2.75) is 101 Å². The molecule has 0 fully saturated rings. The molecule has 1 aromatic heterocycles. The number of aliphatic carboxylic acids is 1. The van der Waals surface area contributed by atoms with E-state index in [-0.39, 0.29) is 6.42 Å². The van der Waals surface area contributed by atoms with E-state index in [1.807, 2.05) is 41.3 Å². The number of thioether (sulfide) groups is 1. The van der Waals surface area contributed by atoms with Gasteiger partial charge in [0.2, 0.25) is 0 Å². The Balaban J connectivity index is 1.85. The second kappa shape index (κ2) is 15.4. The Morgan fingerprint density at radius 2 is 1.68 bits per heavy atom. The van der Waals surface area contributed by atoms with Crippen molar-refractivity contribution in [2.24, 2.45) is 0 Å². The number of para-hydroxylation sites is 1. The number of unbranched alkanes of at least 4 members (excludes halogenated alkanes) is 8. The summed E-state index contributed by atoms with van der Waals surface area (Å²) in [5.74, 6) is -0.708. The number of thiophene rings is 1. The Morgan fingerprint density at radius 1 is 0.968 bits per heavy atom. The van der Waals surface area contributed by atoms with Crippen LogP contribution in [-0.2, 0) is 11.2 Å². The van der Waals surface area contributed by atoms with Crippen LogP contribution in [0.25, 0.3) is 0 Å². The number of nitrogens with two attached hydrogens (primary N) is 1. The minimum atomic E-state index is -0.708. The lowest BCUT2D eigenvalue weighted by molar-refractivity contribution is -0.137. The van der Waals surface area contributed by atoms with Gasteiger partial charge in [-0.1, -0.05) is 70.4 Å². The first-order valence-electron chi connectivity index (χ1n) is 11.9. The van der Waals surface area contributed by atoms with Crippen molar-refractivity contribution in [1.29, 1.82) is 0 Å². The summed E-state index contributed by atoms with van der Waals surface area (Å²) in [6.45, 7) is 2.27. The number of hydrogen-bond acceptors (Lipinski definition) is 4. The van der Waals surface area contributed by atoms with Crippen molar-refractivity contribution >= 4 is 34.8 Å². The summed E-state index contributed by atoms with van der Waals surface area (Å²) in [6, 6.07) is 12.6. The summed E-state index contributed by atoms with van der Waals surface area (Å²) in [4.78, 5) is 14.8. The molecule has 1 atom stereocenters. The zero-order valence-electron chi connectivity index (χ0n) is 19.0. The normalized spacial score (nSPS) is 12.2. The molecular formula is C26H39NO2S2. The molecule has 1 unspecified atom stereocenters. The van der Waals surface area contributed by atoms with Gasteiger partial charge in [0.1, 0.15) is 0 Å². The van der Waals surface area contributed by atoms with Crippen LogP contribution < -0.4 is 5.73 Å². The third kappa shape index (κ3) is 10.6. The third-order valence-corrected chi connectivity index (χ3v) is 8.38. The Hall–Kier alpha value is -1.46. The fourth-order valence-corrected chi connectivity index (χ4v) is 6.25. The zero-order chi connectivity index (χ0) is 22.3. The SMILES string of the molecule is CCCCCCCCCCc1ccc(C(CCCCC(=O)O)Sc2ccccc2N)s1. The lowest BCUT2D eigenvalue weighted by Gasteiger charge is -2.16. The molecule has 2 rings (SSSR count). The monoisotopic (exact) mass is 461 g/mol. The molecule has 172 valence electrons. The summed E-state index contributed by atoms with van der Waals surface area (Å²) in [6.07, 6.45) is 14.9. The minimum absolute atomic E-state index is 0.249. The third-order valence-electron chi connectivity index (χ3n) is 5.57. The fraction of sp³-hybridized carbons (Fsp3) is 0.577. The molecule has 3 nitrogen and oxygen atoms in total. The maximum Gasteiger partial charge on any atom is 0.303 e. The molecule has 0 aliphatic rings. The maximum absolute atomic E-state index is 10.8. The average molecular weight is 462 g/mol. The zero-order valence-corrected chi connectivity index (χ0v) is 20.6. The van der Waals surface area contributed by atoms with Crippen molar-refractivity contribution in [1.82, 2.24) is 0 Å². The molecule has 0 saturated heterocycles. The van der Waals surface area contributed by atoms with Crippen LogP contribution >= 0.6 is 23.1 Å². The minimum Gasteiger partial charge on any atom is -0.481 e. The van der Waals surface area contributed by atoms with Crippen LogP contribution in [0.3, 0.4) is 0 Å². The van der Waals surface area contributed by atoms with Gasteiger partial charge in [0.15, 0.2) is 0 Å². The van der Waals surface area contributed by atoms with E-state index in [1.165, 1.54) is 67.5 Å². The van der Waals surface area contributed by atoms with Crippen molar-refractivity contribution in [3.63, 3.8) is 0 Å². The average Bonchev–Trinajstić information content (AvgIpc) is 3.22. The predicted molar refractivity (Wildman–Crippen MR) is 136 cm³/mol. The van der Waals surface area contributed by atoms with Crippen molar-refractivity contribution in [3.05, 3.63) is 46.2 Å². The van der Waals surface area contributed by atoms with E-state index in [0.29, 0.717) is 5.25 Å². The van der Waals surface area contributed by atoms with Crippen molar-refractivity contribution < 1.29 is 9.90 Å². The molecular weight excluding hydrogens is 422 g/mol. The van der Waals surface area contributed by atoms with Gasteiger partial charge in [-0.05, 0) is 49.9 Å². The highest BCUT2D eigenvalue weighted by Crippen LogP contribution is 2.43. The van der Waals surface area contributed by atoms with E-state index in [9.17, 15) is 4.79 Å². The van der Waals surface area contributed by atoms with E-state index in [2.05, 4.69) is 25.1 Å². The van der Waals surface area contributed by atoms with Gasteiger partial charge in [-0.2, -0.15) is 0 Å².